The van der Waals surface area contributed by atoms with Gasteiger partial charge >= 0.3 is 29.9 Å². The van der Waals surface area contributed by atoms with Crippen LogP contribution < -0.4 is 10.6 Å². The lowest BCUT2D eigenvalue weighted by Crippen LogP contribution is -2.66. The molecule has 1 fully saturated rings. The number of nitrogens with one attached hydrogen (secondary N) is 2. The zero-order chi connectivity index (χ0) is 22.8. The van der Waals surface area contributed by atoms with E-state index in [0.29, 0.717) is 0 Å². The highest BCUT2D eigenvalue weighted by Gasteiger charge is 2.52. The van der Waals surface area contributed by atoms with Crippen LogP contribution in [-0.2, 0) is 42.9 Å². The summed E-state index contributed by atoms with van der Waals surface area (Å²) in [6, 6.07) is -0.770. The molecule has 1 rings (SSSR count). The monoisotopic (exact) mass is 428 g/mol. The van der Waals surface area contributed by atoms with Crippen LogP contribution in [0.25, 0.3) is 0 Å². The van der Waals surface area contributed by atoms with Crippen molar-refractivity contribution in [2.24, 2.45) is 0 Å². The van der Waals surface area contributed by atoms with Crippen molar-refractivity contribution in [1.82, 2.24) is 10.6 Å². The highest BCUT2D eigenvalue weighted by atomic mass is 16.7. The Hall–Kier alpha value is -3.33. The fraction of sp³-hybridized carbons (Fsp3) is 0.611. The average molecular weight is 428 g/mol. The zero-order valence-corrected chi connectivity index (χ0v) is 17.0. The molecule has 0 aliphatic carbocycles. The van der Waals surface area contributed by atoms with E-state index in [9.17, 15) is 24.0 Å². The molecule has 0 aromatic rings. The van der Waals surface area contributed by atoms with E-state index in [1.165, 1.54) is 0 Å². The fourth-order valence-electron chi connectivity index (χ4n) is 2.66. The minimum atomic E-state index is -1.39. The number of urea groups is 1. The second kappa shape index (κ2) is 11.6. The topological polar surface area (TPSA) is 156 Å². The first-order valence-electron chi connectivity index (χ1n) is 8.83. The van der Waals surface area contributed by atoms with Gasteiger partial charge in [-0.1, -0.05) is 5.92 Å². The van der Waals surface area contributed by atoms with Gasteiger partial charge < -0.3 is 34.3 Å². The van der Waals surface area contributed by atoms with Crippen molar-refractivity contribution in [1.29, 1.82) is 0 Å². The van der Waals surface area contributed by atoms with E-state index in [4.69, 9.17) is 30.1 Å². The molecule has 0 spiro atoms. The summed E-state index contributed by atoms with van der Waals surface area (Å²) in [7, 11) is 0. The molecule has 30 heavy (non-hydrogen) atoms. The Labute approximate surface area is 172 Å². The van der Waals surface area contributed by atoms with Gasteiger partial charge in [0, 0.05) is 27.7 Å². The maximum atomic E-state index is 12.0. The highest BCUT2D eigenvalue weighted by molar-refractivity contribution is 5.74. The standard InChI is InChI=1S/C18H24N2O10/c1-6-7-19-18(25)20-17-16(29-12(5)24)15(28-11(4)23)14(27-10(3)22)13(30-17)8-26-9(2)21/h1,13-17H,7-8H2,2-5H3,(H2,19,20,25)/t13?,14-,15?,16?,17-/m1/s1. The molecule has 12 heteroatoms. The molecule has 2 amide bonds. The second-order valence-corrected chi connectivity index (χ2v) is 6.15. The Kier molecular flexibility index (Phi) is 9.57. The summed E-state index contributed by atoms with van der Waals surface area (Å²) in [5, 5.41) is 4.72. The minimum absolute atomic E-state index is 0.100. The Morgan fingerprint density at radius 1 is 0.867 bits per heavy atom. The lowest BCUT2D eigenvalue weighted by atomic mass is 9.97. The summed E-state index contributed by atoms with van der Waals surface area (Å²) >= 11 is 0. The molecular formula is C18H24N2O10. The van der Waals surface area contributed by atoms with Crippen LogP contribution in [0.3, 0.4) is 0 Å². The van der Waals surface area contributed by atoms with Crippen molar-refractivity contribution in [3.8, 4) is 12.3 Å². The molecule has 2 N–H and O–H groups in total. The number of terminal acetylenes is 1. The first-order chi connectivity index (χ1) is 14.0. The largest absolute Gasteiger partial charge is 0.463 e. The lowest BCUT2D eigenvalue weighted by molar-refractivity contribution is -0.255. The number of ether oxygens (including phenoxy) is 5. The van der Waals surface area contributed by atoms with Crippen LogP contribution in [0.5, 0.6) is 0 Å². The molecule has 1 aliphatic rings. The van der Waals surface area contributed by atoms with E-state index >= 15 is 0 Å². The van der Waals surface area contributed by atoms with Crippen LogP contribution in [0.15, 0.2) is 0 Å². The quantitative estimate of drug-likeness (QED) is 0.293. The average Bonchev–Trinajstić information content (AvgIpc) is 2.62. The molecular weight excluding hydrogens is 404 g/mol. The molecule has 3 unspecified atom stereocenters. The fourth-order valence-corrected chi connectivity index (χ4v) is 2.66. The highest BCUT2D eigenvalue weighted by Crippen LogP contribution is 2.28. The van der Waals surface area contributed by atoms with E-state index in [1.54, 1.807) is 0 Å². The summed E-state index contributed by atoms with van der Waals surface area (Å²) < 4.78 is 26.2. The number of hydrogen-bond acceptors (Lipinski definition) is 10. The Balaban J connectivity index is 3.29. The van der Waals surface area contributed by atoms with Crippen molar-refractivity contribution >= 4 is 29.9 Å². The molecule has 0 saturated carbocycles. The number of hydrogen-bond donors (Lipinski definition) is 2. The Morgan fingerprint density at radius 3 is 1.90 bits per heavy atom. The van der Waals surface area contributed by atoms with Gasteiger partial charge in [-0.05, 0) is 0 Å². The van der Waals surface area contributed by atoms with Gasteiger partial charge in [-0.3, -0.25) is 19.2 Å². The molecule has 12 nitrogen and oxygen atoms in total. The summed E-state index contributed by atoms with van der Waals surface area (Å²) in [5.41, 5.74) is 0. The van der Waals surface area contributed by atoms with Crippen molar-refractivity contribution in [3.05, 3.63) is 0 Å². The summed E-state index contributed by atoms with van der Waals surface area (Å²) in [6.07, 6.45) is -1.50. The molecule has 0 aromatic carbocycles. The van der Waals surface area contributed by atoms with Gasteiger partial charge in [0.15, 0.2) is 24.5 Å². The van der Waals surface area contributed by atoms with Gasteiger partial charge in [0.1, 0.15) is 12.7 Å². The number of esters is 4. The molecule has 5 atom stereocenters. The first kappa shape index (κ1) is 24.7. The molecule has 1 aliphatic heterocycles. The molecule has 1 heterocycles. The predicted octanol–water partition coefficient (Wildman–Crippen LogP) is -0.998. The smallest absolute Gasteiger partial charge is 0.317 e. The predicted molar refractivity (Wildman–Crippen MR) is 97.3 cm³/mol. The number of rotatable bonds is 7. The van der Waals surface area contributed by atoms with Gasteiger partial charge in [-0.25, -0.2) is 4.79 Å². The van der Waals surface area contributed by atoms with Crippen LogP contribution in [0.1, 0.15) is 27.7 Å². The van der Waals surface area contributed by atoms with Crippen molar-refractivity contribution in [2.45, 2.75) is 58.3 Å². The third-order valence-corrected chi connectivity index (χ3v) is 3.62. The van der Waals surface area contributed by atoms with Gasteiger partial charge in [0.25, 0.3) is 0 Å². The molecule has 166 valence electrons. The van der Waals surface area contributed by atoms with Gasteiger partial charge in [0.05, 0.1) is 6.54 Å². The van der Waals surface area contributed by atoms with Crippen LogP contribution >= 0.6 is 0 Å². The van der Waals surface area contributed by atoms with Gasteiger partial charge in [-0.2, -0.15) is 0 Å². The summed E-state index contributed by atoms with van der Waals surface area (Å²) in [5.74, 6) is -0.765. The normalized spacial score (nSPS) is 25.1. The lowest BCUT2D eigenvalue weighted by Gasteiger charge is -2.44. The number of carbonyl (C=O) groups excluding carboxylic acids is 5. The maximum Gasteiger partial charge on any atom is 0.317 e. The molecule has 0 aromatic heterocycles. The van der Waals surface area contributed by atoms with E-state index < -0.39 is 67.2 Å². The van der Waals surface area contributed by atoms with E-state index in [2.05, 4.69) is 16.6 Å². The zero-order valence-electron chi connectivity index (χ0n) is 17.0. The van der Waals surface area contributed by atoms with Crippen LogP contribution in [0, 0.1) is 12.3 Å². The van der Waals surface area contributed by atoms with E-state index in [-0.39, 0.29) is 6.54 Å². The Bertz CT molecular complexity index is 716. The van der Waals surface area contributed by atoms with Crippen molar-refractivity contribution < 1.29 is 47.7 Å². The summed E-state index contributed by atoms with van der Waals surface area (Å²) in [4.78, 5) is 58.2. The second-order valence-electron chi connectivity index (χ2n) is 6.15. The van der Waals surface area contributed by atoms with Gasteiger partial charge in [-0.15, -0.1) is 6.42 Å². The maximum absolute atomic E-state index is 12.0. The first-order valence-corrected chi connectivity index (χ1v) is 8.83. The van der Waals surface area contributed by atoms with Crippen LogP contribution in [-0.4, -0.2) is 73.7 Å². The molecule has 0 bridgehead atoms. The van der Waals surface area contributed by atoms with Gasteiger partial charge in [0.2, 0.25) is 0 Å². The van der Waals surface area contributed by atoms with E-state index in [1.807, 2.05) is 0 Å². The van der Waals surface area contributed by atoms with Crippen LogP contribution in [0.2, 0.25) is 0 Å². The third-order valence-electron chi connectivity index (χ3n) is 3.62. The van der Waals surface area contributed by atoms with E-state index in [0.717, 1.165) is 27.7 Å². The number of carbonyl (C=O) groups is 5. The SMILES string of the molecule is C#CCNC(=O)N[C@@H]1OC(COC(C)=O)[C@@H](OC(C)=O)C(OC(C)=O)C1OC(C)=O. The van der Waals surface area contributed by atoms with Crippen molar-refractivity contribution in [2.75, 3.05) is 13.2 Å². The van der Waals surface area contributed by atoms with Crippen molar-refractivity contribution in [3.63, 3.8) is 0 Å². The molecule has 0 radical (unpaired) electrons. The summed E-state index contributed by atoms with van der Waals surface area (Å²) in [6.45, 7) is 3.93. The minimum Gasteiger partial charge on any atom is -0.463 e. The van der Waals surface area contributed by atoms with Crippen LogP contribution in [0.4, 0.5) is 4.79 Å². The molecule has 1 saturated heterocycles. The Morgan fingerprint density at radius 2 is 1.40 bits per heavy atom. The number of amides is 2. The third kappa shape index (κ3) is 7.96.